The highest BCUT2D eigenvalue weighted by Gasteiger charge is 2.20. The zero-order valence-electron chi connectivity index (χ0n) is 13.1. The molecule has 1 aromatic rings. The van der Waals surface area contributed by atoms with Crippen LogP contribution in [0.2, 0.25) is 0 Å². The second-order valence-corrected chi connectivity index (χ2v) is 5.68. The summed E-state index contributed by atoms with van der Waals surface area (Å²) in [5.74, 6) is 0.0878. The number of carbonyl (C=O) groups is 1. The molecule has 1 aliphatic heterocycles. The van der Waals surface area contributed by atoms with E-state index in [-0.39, 0.29) is 5.91 Å². The summed E-state index contributed by atoms with van der Waals surface area (Å²) in [6.45, 7) is 11.5. The highest BCUT2D eigenvalue weighted by atomic mass is 16.2. The fourth-order valence-corrected chi connectivity index (χ4v) is 2.78. The summed E-state index contributed by atoms with van der Waals surface area (Å²) in [6, 6.07) is 5.64. The minimum absolute atomic E-state index is 0.0878. The topological polar surface area (TPSA) is 49.6 Å². The summed E-state index contributed by atoms with van der Waals surface area (Å²) in [7, 11) is 0. The van der Waals surface area contributed by atoms with Crippen LogP contribution in [-0.4, -0.2) is 41.9 Å². The SMILES string of the molecule is C=CCN(CC=C)Cc1ccc(C(=O)N2CCCC2)cc1N. The molecule has 22 heavy (non-hydrogen) atoms. The molecule has 0 unspecified atom stereocenters. The molecule has 2 N–H and O–H groups in total. The van der Waals surface area contributed by atoms with E-state index in [4.69, 9.17) is 5.73 Å². The lowest BCUT2D eigenvalue weighted by atomic mass is 10.1. The summed E-state index contributed by atoms with van der Waals surface area (Å²) in [5.41, 5.74) is 8.53. The fourth-order valence-electron chi connectivity index (χ4n) is 2.78. The number of rotatable bonds is 7. The Morgan fingerprint density at radius 1 is 1.23 bits per heavy atom. The summed E-state index contributed by atoms with van der Waals surface area (Å²) < 4.78 is 0. The lowest BCUT2D eigenvalue weighted by molar-refractivity contribution is 0.0793. The van der Waals surface area contributed by atoms with E-state index in [2.05, 4.69) is 18.1 Å². The maximum absolute atomic E-state index is 12.4. The molecule has 1 heterocycles. The van der Waals surface area contributed by atoms with Crippen molar-refractivity contribution in [3.05, 3.63) is 54.6 Å². The van der Waals surface area contributed by atoms with Gasteiger partial charge in [-0.1, -0.05) is 18.2 Å². The van der Waals surface area contributed by atoms with Gasteiger partial charge in [0.2, 0.25) is 0 Å². The molecule has 0 radical (unpaired) electrons. The van der Waals surface area contributed by atoms with E-state index in [1.54, 1.807) is 6.07 Å². The van der Waals surface area contributed by atoms with Gasteiger partial charge in [0.25, 0.3) is 5.91 Å². The molecular weight excluding hydrogens is 274 g/mol. The molecule has 1 fully saturated rings. The first-order valence-corrected chi connectivity index (χ1v) is 7.77. The number of hydrogen-bond donors (Lipinski definition) is 1. The van der Waals surface area contributed by atoms with Gasteiger partial charge in [0.15, 0.2) is 0 Å². The minimum Gasteiger partial charge on any atom is -0.398 e. The van der Waals surface area contributed by atoms with Crippen LogP contribution in [0.15, 0.2) is 43.5 Å². The quantitative estimate of drug-likeness (QED) is 0.622. The Bertz CT molecular complexity index is 537. The molecule has 118 valence electrons. The van der Waals surface area contributed by atoms with Crippen molar-refractivity contribution in [2.24, 2.45) is 0 Å². The molecule has 1 saturated heterocycles. The zero-order chi connectivity index (χ0) is 15.9. The van der Waals surface area contributed by atoms with Crippen LogP contribution in [0.4, 0.5) is 5.69 Å². The number of hydrogen-bond acceptors (Lipinski definition) is 3. The minimum atomic E-state index is 0.0878. The van der Waals surface area contributed by atoms with Crippen molar-refractivity contribution >= 4 is 11.6 Å². The van der Waals surface area contributed by atoms with Crippen LogP contribution in [0.5, 0.6) is 0 Å². The van der Waals surface area contributed by atoms with Crippen LogP contribution < -0.4 is 5.73 Å². The lowest BCUT2D eigenvalue weighted by Crippen LogP contribution is -2.28. The maximum atomic E-state index is 12.4. The van der Waals surface area contributed by atoms with Crippen molar-refractivity contribution in [1.29, 1.82) is 0 Å². The van der Waals surface area contributed by atoms with Crippen molar-refractivity contribution in [2.75, 3.05) is 31.9 Å². The third-order valence-corrected chi connectivity index (χ3v) is 3.95. The summed E-state index contributed by atoms with van der Waals surface area (Å²) in [4.78, 5) is 16.5. The molecule has 1 aliphatic rings. The highest BCUT2D eigenvalue weighted by Crippen LogP contribution is 2.19. The van der Waals surface area contributed by atoms with E-state index in [0.29, 0.717) is 11.3 Å². The molecule has 0 aliphatic carbocycles. The monoisotopic (exact) mass is 299 g/mol. The van der Waals surface area contributed by atoms with Gasteiger partial charge in [0, 0.05) is 44.0 Å². The first kappa shape index (κ1) is 16.3. The first-order valence-electron chi connectivity index (χ1n) is 7.77. The van der Waals surface area contributed by atoms with Crippen LogP contribution in [0, 0.1) is 0 Å². The smallest absolute Gasteiger partial charge is 0.253 e. The number of nitrogens with two attached hydrogens (primary N) is 1. The number of carbonyl (C=O) groups excluding carboxylic acids is 1. The molecule has 2 rings (SSSR count). The van der Waals surface area contributed by atoms with E-state index in [1.165, 1.54) is 0 Å². The standard InChI is InChI=1S/C18H25N3O/c1-3-9-20(10-4-2)14-16-8-7-15(13-17(16)19)18(22)21-11-5-6-12-21/h3-4,7-8,13H,1-2,5-6,9-12,14,19H2. The van der Waals surface area contributed by atoms with E-state index in [9.17, 15) is 4.79 Å². The van der Waals surface area contributed by atoms with Crippen LogP contribution in [-0.2, 0) is 6.54 Å². The first-order chi connectivity index (χ1) is 10.7. The van der Waals surface area contributed by atoms with Crippen molar-refractivity contribution in [2.45, 2.75) is 19.4 Å². The van der Waals surface area contributed by atoms with Gasteiger partial charge in [0.1, 0.15) is 0 Å². The van der Waals surface area contributed by atoms with E-state index in [0.717, 1.165) is 51.1 Å². The normalized spacial score (nSPS) is 14.3. The predicted molar refractivity (Wildman–Crippen MR) is 91.7 cm³/mol. The number of anilines is 1. The van der Waals surface area contributed by atoms with Crippen molar-refractivity contribution < 1.29 is 4.79 Å². The van der Waals surface area contributed by atoms with Gasteiger partial charge in [0.05, 0.1) is 0 Å². The van der Waals surface area contributed by atoms with Crippen molar-refractivity contribution in [3.63, 3.8) is 0 Å². The Kier molecular flexibility index (Phi) is 5.78. The largest absolute Gasteiger partial charge is 0.398 e. The maximum Gasteiger partial charge on any atom is 0.253 e. The summed E-state index contributed by atoms with van der Waals surface area (Å²) in [5, 5.41) is 0. The van der Waals surface area contributed by atoms with Crippen molar-refractivity contribution in [1.82, 2.24) is 9.80 Å². The van der Waals surface area contributed by atoms with E-state index < -0.39 is 0 Å². The predicted octanol–water partition coefficient (Wildman–Crippen LogP) is 2.68. The average Bonchev–Trinajstić information content (AvgIpc) is 3.03. The molecule has 0 saturated carbocycles. The molecule has 4 heteroatoms. The highest BCUT2D eigenvalue weighted by molar-refractivity contribution is 5.95. The molecular formula is C18H25N3O. The van der Waals surface area contributed by atoms with Gasteiger partial charge in [-0.2, -0.15) is 0 Å². The van der Waals surface area contributed by atoms with Crippen LogP contribution in [0.25, 0.3) is 0 Å². The van der Waals surface area contributed by atoms with Gasteiger partial charge in [-0.3, -0.25) is 9.69 Å². The van der Waals surface area contributed by atoms with E-state index >= 15 is 0 Å². The summed E-state index contributed by atoms with van der Waals surface area (Å²) in [6.07, 6.45) is 5.92. The number of amides is 1. The van der Waals surface area contributed by atoms with Crippen LogP contribution in [0.3, 0.4) is 0 Å². The van der Waals surface area contributed by atoms with E-state index in [1.807, 2.05) is 29.2 Å². The second kappa shape index (κ2) is 7.80. The number of benzene rings is 1. The molecule has 1 amide bonds. The number of likely N-dealkylation sites (tertiary alicyclic amines) is 1. The fraction of sp³-hybridized carbons (Fsp3) is 0.389. The third-order valence-electron chi connectivity index (χ3n) is 3.95. The molecule has 0 aromatic heterocycles. The Morgan fingerprint density at radius 3 is 2.41 bits per heavy atom. The van der Waals surface area contributed by atoms with Gasteiger partial charge in [-0.05, 0) is 30.5 Å². The number of nitrogens with zero attached hydrogens (tertiary/aromatic N) is 2. The van der Waals surface area contributed by atoms with Crippen molar-refractivity contribution in [3.8, 4) is 0 Å². The number of nitrogen functional groups attached to an aromatic ring is 1. The molecule has 4 nitrogen and oxygen atoms in total. The Morgan fingerprint density at radius 2 is 1.86 bits per heavy atom. The molecule has 0 atom stereocenters. The molecule has 0 bridgehead atoms. The summed E-state index contributed by atoms with van der Waals surface area (Å²) >= 11 is 0. The molecule has 1 aromatic carbocycles. The Labute approximate surface area is 132 Å². The van der Waals surface area contributed by atoms with Gasteiger partial charge >= 0.3 is 0 Å². The Hall–Kier alpha value is -2.07. The van der Waals surface area contributed by atoms with Crippen LogP contribution in [0.1, 0.15) is 28.8 Å². The van der Waals surface area contributed by atoms with Gasteiger partial charge in [-0.25, -0.2) is 0 Å². The van der Waals surface area contributed by atoms with Gasteiger partial charge in [-0.15, -0.1) is 13.2 Å². The molecule has 0 spiro atoms. The van der Waals surface area contributed by atoms with Crippen LogP contribution >= 0.6 is 0 Å². The Balaban J connectivity index is 2.09. The lowest BCUT2D eigenvalue weighted by Gasteiger charge is -2.21. The van der Waals surface area contributed by atoms with Gasteiger partial charge < -0.3 is 10.6 Å². The average molecular weight is 299 g/mol. The second-order valence-electron chi connectivity index (χ2n) is 5.68. The zero-order valence-corrected chi connectivity index (χ0v) is 13.1. The third kappa shape index (κ3) is 3.98.